The zero-order valence-electron chi connectivity index (χ0n) is 17.9. The monoisotopic (exact) mass is 561 g/mol. The van der Waals surface area contributed by atoms with E-state index < -0.39 is 12.1 Å². The summed E-state index contributed by atoms with van der Waals surface area (Å²) in [5.74, 6) is -1.53. The van der Waals surface area contributed by atoms with E-state index in [9.17, 15) is 18.0 Å². The number of alkyl halides is 3. The predicted molar refractivity (Wildman–Crippen MR) is 122 cm³/mol. The van der Waals surface area contributed by atoms with Gasteiger partial charge in [0.05, 0.1) is 20.6 Å². The highest BCUT2D eigenvalue weighted by molar-refractivity contribution is 9.10. The highest BCUT2D eigenvalue weighted by atomic mass is 79.9. The van der Waals surface area contributed by atoms with Gasteiger partial charge in [-0.25, -0.2) is 4.79 Å². The molecule has 1 aromatic heterocycles. The molecule has 0 radical (unpaired) electrons. The SMILES string of the molecule is COc1ccc(Cc2nnc(NC(=O)Cc3cccc(Br)c3)s2)cc1OC.O=C(O)C(F)(F)F. The predicted octanol–water partition coefficient (Wildman–Crippen LogP) is 4.72. The lowest BCUT2D eigenvalue weighted by Crippen LogP contribution is -2.21. The molecule has 0 saturated carbocycles. The van der Waals surface area contributed by atoms with Gasteiger partial charge in [-0.2, -0.15) is 13.2 Å². The smallest absolute Gasteiger partial charge is 0.490 e. The van der Waals surface area contributed by atoms with E-state index in [4.69, 9.17) is 19.4 Å². The third-order valence-corrected chi connectivity index (χ3v) is 5.34. The molecule has 3 aromatic rings. The summed E-state index contributed by atoms with van der Waals surface area (Å²) in [5.41, 5.74) is 1.95. The van der Waals surface area contributed by atoms with E-state index in [0.29, 0.717) is 23.1 Å². The number of carboxylic acid groups (broad SMARTS) is 1. The van der Waals surface area contributed by atoms with Crippen molar-refractivity contribution in [1.29, 1.82) is 0 Å². The Balaban J connectivity index is 0.000000509. The van der Waals surface area contributed by atoms with Crippen molar-refractivity contribution in [3.63, 3.8) is 0 Å². The number of carboxylic acids is 1. The maximum Gasteiger partial charge on any atom is 0.490 e. The Hall–Kier alpha value is -3.19. The molecule has 1 heterocycles. The molecule has 0 unspecified atom stereocenters. The second-order valence-corrected chi connectivity index (χ2v) is 8.50. The maximum absolute atomic E-state index is 12.2. The van der Waals surface area contributed by atoms with Crippen LogP contribution in [0.2, 0.25) is 0 Å². The summed E-state index contributed by atoms with van der Waals surface area (Å²) in [7, 11) is 3.21. The molecule has 0 aliphatic rings. The molecule has 1 amide bonds. The number of amides is 1. The number of anilines is 1. The van der Waals surface area contributed by atoms with Crippen LogP contribution in [-0.4, -0.2) is 47.6 Å². The van der Waals surface area contributed by atoms with Crippen LogP contribution in [0.4, 0.5) is 18.3 Å². The summed E-state index contributed by atoms with van der Waals surface area (Å²) in [4.78, 5) is 21.1. The van der Waals surface area contributed by atoms with Crippen molar-refractivity contribution in [2.24, 2.45) is 0 Å². The summed E-state index contributed by atoms with van der Waals surface area (Å²) in [6, 6.07) is 13.4. The Kier molecular flexibility index (Phi) is 9.81. The first-order valence-electron chi connectivity index (χ1n) is 9.39. The zero-order chi connectivity index (χ0) is 25.3. The molecule has 13 heteroatoms. The minimum Gasteiger partial charge on any atom is -0.493 e. The number of carbonyl (C=O) groups is 2. The number of nitrogens with one attached hydrogen (secondary N) is 1. The molecule has 0 aliphatic carbocycles. The van der Waals surface area contributed by atoms with Crippen molar-refractivity contribution < 1.29 is 37.3 Å². The Labute approximate surface area is 204 Å². The van der Waals surface area contributed by atoms with Crippen LogP contribution in [0, 0.1) is 0 Å². The number of aliphatic carboxylic acids is 1. The molecule has 34 heavy (non-hydrogen) atoms. The Morgan fingerprint density at radius 2 is 1.74 bits per heavy atom. The van der Waals surface area contributed by atoms with Gasteiger partial charge in [-0.1, -0.05) is 45.5 Å². The fraction of sp³-hybridized carbons (Fsp3) is 0.238. The largest absolute Gasteiger partial charge is 0.493 e. The minimum atomic E-state index is -5.08. The lowest BCUT2D eigenvalue weighted by atomic mass is 10.1. The zero-order valence-corrected chi connectivity index (χ0v) is 20.3. The van der Waals surface area contributed by atoms with E-state index in [2.05, 4.69) is 31.4 Å². The van der Waals surface area contributed by atoms with Gasteiger partial charge < -0.3 is 19.9 Å². The van der Waals surface area contributed by atoms with Crippen LogP contribution in [-0.2, 0) is 22.4 Å². The number of halogens is 4. The van der Waals surface area contributed by atoms with E-state index in [-0.39, 0.29) is 12.3 Å². The molecule has 182 valence electrons. The van der Waals surface area contributed by atoms with Gasteiger partial charge >= 0.3 is 12.1 Å². The Morgan fingerprint density at radius 3 is 2.32 bits per heavy atom. The van der Waals surface area contributed by atoms with Gasteiger partial charge in [-0.15, -0.1) is 10.2 Å². The number of aromatic nitrogens is 2. The lowest BCUT2D eigenvalue weighted by molar-refractivity contribution is -0.192. The van der Waals surface area contributed by atoms with Crippen molar-refractivity contribution in [3.8, 4) is 11.5 Å². The molecule has 0 spiro atoms. The Bertz CT molecular complexity index is 1140. The van der Waals surface area contributed by atoms with Crippen LogP contribution in [0.1, 0.15) is 16.1 Å². The van der Waals surface area contributed by atoms with Gasteiger partial charge in [-0.3, -0.25) is 4.79 Å². The molecule has 0 atom stereocenters. The molecule has 0 aliphatic heterocycles. The average molecular weight is 562 g/mol. The molecular weight excluding hydrogens is 543 g/mol. The quantitative estimate of drug-likeness (QED) is 0.429. The van der Waals surface area contributed by atoms with Crippen molar-refractivity contribution in [2.75, 3.05) is 19.5 Å². The van der Waals surface area contributed by atoms with Gasteiger partial charge in [0.2, 0.25) is 11.0 Å². The van der Waals surface area contributed by atoms with Crippen LogP contribution in [0.5, 0.6) is 11.5 Å². The summed E-state index contributed by atoms with van der Waals surface area (Å²) >= 11 is 4.76. The van der Waals surface area contributed by atoms with Gasteiger partial charge in [0.1, 0.15) is 5.01 Å². The lowest BCUT2D eigenvalue weighted by Gasteiger charge is -2.08. The average Bonchev–Trinajstić information content (AvgIpc) is 3.19. The second-order valence-electron chi connectivity index (χ2n) is 6.52. The molecule has 2 aromatic carbocycles. The van der Waals surface area contributed by atoms with E-state index in [1.165, 1.54) is 11.3 Å². The summed E-state index contributed by atoms with van der Waals surface area (Å²) in [6.45, 7) is 0. The highest BCUT2D eigenvalue weighted by Crippen LogP contribution is 2.29. The Morgan fingerprint density at radius 1 is 1.06 bits per heavy atom. The number of rotatable bonds is 7. The number of carbonyl (C=O) groups excluding carboxylic acids is 1. The van der Waals surface area contributed by atoms with Gasteiger partial charge in [0, 0.05) is 10.9 Å². The molecule has 0 fully saturated rings. The van der Waals surface area contributed by atoms with Gasteiger partial charge in [0.25, 0.3) is 0 Å². The second kappa shape index (κ2) is 12.3. The van der Waals surface area contributed by atoms with Crippen molar-refractivity contribution in [1.82, 2.24) is 10.2 Å². The first-order valence-corrected chi connectivity index (χ1v) is 11.0. The number of hydrogen-bond donors (Lipinski definition) is 2. The molecule has 3 rings (SSSR count). The first kappa shape index (κ1) is 27.1. The first-order chi connectivity index (χ1) is 16.0. The fourth-order valence-corrected chi connectivity index (χ4v) is 3.77. The van der Waals surface area contributed by atoms with Crippen LogP contribution in [0.3, 0.4) is 0 Å². The van der Waals surface area contributed by atoms with Crippen molar-refractivity contribution in [3.05, 3.63) is 63.1 Å². The number of ether oxygens (including phenoxy) is 2. The van der Waals surface area contributed by atoms with Crippen molar-refractivity contribution >= 4 is 44.3 Å². The van der Waals surface area contributed by atoms with Crippen LogP contribution < -0.4 is 14.8 Å². The van der Waals surface area contributed by atoms with E-state index in [0.717, 1.165) is 20.6 Å². The standard InChI is InChI=1S/C19H18BrN3O3S.C2HF3O2/c1-25-15-7-6-13(9-16(15)26-2)11-18-22-23-19(27-18)21-17(24)10-12-4-3-5-14(20)8-12;3-2(4,5)1(6)7/h3-9H,10-11H2,1-2H3,(H,21,23,24);(H,6,7). The normalized spacial score (nSPS) is 10.6. The number of benzene rings is 2. The highest BCUT2D eigenvalue weighted by Gasteiger charge is 2.38. The van der Waals surface area contributed by atoms with Crippen LogP contribution in [0.25, 0.3) is 0 Å². The number of hydrogen-bond acceptors (Lipinski definition) is 7. The molecule has 8 nitrogen and oxygen atoms in total. The van der Waals surface area contributed by atoms with Crippen LogP contribution >= 0.6 is 27.3 Å². The van der Waals surface area contributed by atoms with E-state index in [1.54, 1.807) is 14.2 Å². The van der Waals surface area contributed by atoms with Gasteiger partial charge in [-0.05, 0) is 35.4 Å². The number of nitrogens with zero attached hydrogens (tertiary/aromatic N) is 2. The van der Waals surface area contributed by atoms with Crippen LogP contribution in [0.15, 0.2) is 46.9 Å². The third kappa shape index (κ3) is 8.63. The summed E-state index contributed by atoms with van der Waals surface area (Å²) in [6.07, 6.45) is -4.20. The topological polar surface area (TPSA) is 111 Å². The fourth-order valence-electron chi connectivity index (χ4n) is 2.54. The molecule has 0 bridgehead atoms. The summed E-state index contributed by atoms with van der Waals surface area (Å²) in [5, 5.41) is 19.4. The summed E-state index contributed by atoms with van der Waals surface area (Å²) < 4.78 is 43.2. The maximum atomic E-state index is 12.2. The number of methoxy groups -OCH3 is 2. The van der Waals surface area contributed by atoms with Crippen molar-refractivity contribution in [2.45, 2.75) is 19.0 Å². The molecular formula is C21H19BrF3N3O5S. The molecule has 0 saturated heterocycles. The van der Waals surface area contributed by atoms with E-state index >= 15 is 0 Å². The third-order valence-electron chi connectivity index (χ3n) is 4.01. The van der Waals surface area contributed by atoms with Gasteiger partial charge in [0.15, 0.2) is 11.5 Å². The van der Waals surface area contributed by atoms with E-state index in [1.807, 2.05) is 42.5 Å². The molecule has 2 N–H and O–H groups in total. The minimum absolute atomic E-state index is 0.123.